The molecule has 2 amide bonds. The number of halogens is 3. The van der Waals surface area contributed by atoms with Crippen molar-refractivity contribution in [3.63, 3.8) is 0 Å². The van der Waals surface area contributed by atoms with E-state index in [1.807, 2.05) is 0 Å². The maximum absolute atomic E-state index is 13.0. The summed E-state index contributed by atoms with van der Waals surface area (Å²) in [7, 11) is 1.74. The Morgan fingerprint density at radius 3 is 2.81 bits per heavy atom. The number of H-pyrrole nitrogens is 1. The monoisotopic (exact) mass is 500 g/mol. The summed E-state index contributed by atoms with van der Waals surface area (Å²) < 4.78 is 44.3. The number of carbonyl (C=O) groups is 2. The van der Waals surface area contributed by atoms with E-state index in [0.29, 0.717) is 23.3 Å². The van der Waals surface area contributed by atoms with Gasteiger partial charge in [0.1, 0.15) is 23.5 Å². The summed E-state index contributed by atoms with van der Waals surface area (Å²) in [5, 5.41) is 9.41. The molecule has 0 saturated carbocycles. The second-order valence-electron chi connectivity index (χ2n) is 8.40. The molecule has 1 atom stereocenters. The molecule has 1 aliphatic rings. The van der Waals surface area contributed by atoms with E-state index in [1.54, 1.807) is 18.9 Å². The SMILES string of the molecule is C[C@@H](NC(=O)c1ncnc2c1CN(C)CC(=O)N2)c1cc(-c2nc3ccc(C(F)(F)F)cc3[nH]2)on1. The minimum Gasteiger partial charge on any atom is -0.353 e. The highest BCUT2D eigenvalue weighted by Crippen LogP contribution is 2.32. The van der Waals surface area contributed by atoms with Crippen molar-refractivity contribution in [3.8, 4) is 11.6 Å². The maximum Gasteiger partial charge on any atom is 0.416 e. The number of aromatic amines is 1. The molecule has 186 valence electrons. The van der Waals surface area contributed by atoms with Crippen LogP contribution in [0.5, 0.6) is 0 Å². The molecule has 0 aliphatic carbocycles. The molecule has 0 unspecified atom stereocenters. The molecule has 3 N–H and O–H groups in total. The first-order valence-electron chi connectivity index (χ1n) is 10.8. The van der Waals surface area contributed by atoms with Crippen molar-refractivity contribution in [1.82, 2.24) is 35.3 Å². The molecular weight excluding hydrogens is 481 g/mol. The average Bonchev–Trinajstić information content (AvgIpc) is 3.42. The summed E-state index contributed by atoms with van der Waals surface area (Å²) >= 11 is 0. The highest BCUT2D eigenvalue weighted by molar-refractivity contribution is 5.98. The van der Waals surface area contributed by atoms with E-state index >= 15 is 0 Å². The predicted molar refractivity (Wildman–Crippen MR) is 119 cm³/mol. The third-order valence-corrected chi connectivity index (χ3v) is 5.62. The third kappa shape index (κ3) is 4.49. The number of imidazole rings is 1. The number of aromatic nitrogens is 5. The molecule has 1 aliphatic heterocycles. The van der Waals surface area contributed by atoms with Gasteiger partial charge in [-0.1, -0.05) is 5.16 Å². The molecular formula is C22H19F3N8O3. The smallest absolute Gasteiger partial charge is 0.353 e. The molecule has 4 heterocycles. The van der Waals surface area contributed by atoms with Gasteiger partial charge in [0.25, 0.3) is 5.91 Å². The number of amides is 2. The zero-order valence-electron chi connectivity index (χ0n) is 19.0. The molecule has 0 radical (unpaired) electrons. The molecule has 4 aromatic rings. The van der Waals surface area contributed by atoms with Crippen molar-refractivity contribution in [1.29, 1.82) is 0 Å². The Bertz CT molecular complexity index is 1480. The van der Waals surface area contributed by atoms with E-state index in [4.69, 9.17) is 4.52 Å². The Hall–Kier alpha value is -4.33. The van der Waals surface area contributed by atoms with Crippen molar-refractivity contribution < 1.29 is 27.3 Å². The van der Waals surface area contributed by atoms with Gasteiger partial charge >= 0.3 is 6.18 Å². The van der Waals surface area contributed by atoms with Crippen LogP contribution in [0, 0.1) is 0 Å². The summed E-state index contributed by atoms with van der Waals surface area (Å²) in [6.07, 6.45) is -3.28. The Labute approximate surface area is 201 Å². The lowest BCUT2D eigenvalue weighted by Gasteiger charge is -2.15. The summed E-state index contributed by atoms with van der Waals surface area (Å²) in [5.41, 5.74) is 0.687. The van der Waals surface area contributed by atoms with E-state index in [2.05, 4.69) is 35.7 Å². The molecule has 3 aromatic heterocycles. The zero-order valence-corrected chi connectivity index (χ0v) is 19.0. The second kappa shape index (κ2) is 8.71. The van der Waals surface area contributed by atoms with Gasteiger partial charge in [0.15, 0.2) is 5.82 Å². The fourth-order valence-corrected chi connectivity index (χ4v) is 3.85. The van der Waals surface area contributed by atoms with Gasteiger partial charge in [0.2, 0.25) is 11.7 Å². The van der Waals surface area contributed by atoms with Gasteiger partial charge < -0.3 is 20.1 Å². The fourth-order valence-electron chi connectivity index (χ4n) is 3.85. The van der Waals surface area contributed by atoms with Crippen LogP contribution < -0.4 is 10.6 Å². The van der Waals surface area contributed by atoms with E-state index in [-0.39, 0.29) is 41.1 Å². The summed E-state index contributed by atoms with van der Waals surface area (Å²) in [5.74, 6) is -0.0827. The molecule has 0 saturated heterocycles. The van der Waals surface area contributed by atoms with Crippen LogP contribution in [0.1, 0.15) is 40.3 Å². The van der Waals surface area contributed by atoms with Crippen LogP contribution in [0.15, 0.2) is 35.1 Å². The van der Waals surface area contributed by atoms with Gasteiger partial charge in [-0.2, -0.15) is 13.2 Å². The van der Waals surface area contributed by atoms with Crippen LogP contribution in [0.4, 0.5) is 19.0 Å². The van der Waals surface area contributed by atoms with Gasteiger partial charge in [-0.25, -0.2) is 15.0 Å². The van der Waals surface area contributed by atoms with Crippen molar-refractivity contribution in [2.24, 2.45) is 0 Å². The lowest BCUT2D eigenvalue weighted by atomic mass is 10.1. The summed E-state index contributed by atoms with van der Waals surface area (Å²) in [6, 6.07) is 4.11. The number of carbonyl (C=O) groups excluding carboxylic acids is 2. The second-order valence-corrected chi connectivity index (χ2v) is 8.40. The lowest BCUT2D eigenvalue weighted by molar-refractivity contribution is -0.137. The van der Waals surface area contributed by atoms with E-state index in [1.165, 1.54) is 18.5 Å². The Morgan fingerprint density at radius 1 is 1.22 bits per heavy atom. The highest BCUT2D eigenvalue weighted by Gasteiger charge is 2.31. The Morgan fingerprint density at radius 2 is 2.03 bits per heavy atom. The van der Waals surface area contributed by atoms with Crippen molar-refractivity contribution in [3.05, 3.63) is 53.1 Å². The van der Waals surface area contributed by atoms with Crippen LogP contribution in [-0.4, -0.2) is 55.4 Å². The van der Waals surface area contributed by atoms with Gasteiger partial charge in [-0.3, -0.25) is 14.5 Å². The minimum atomic E-state index is -4.48. The first kappa shape index (κ1) is 23.4. The fraction of sp³-hybridized carbons (Fsp3) is 0.273. The van der Waals surface area contributed by atoms with Crippen LogP contribution >= 0.6 is 0 Å². The normalized spacial score (nSPS) is 15.3. The molecule has 14 heteroatoms. The molecule has 5 rings (SSSR count). The number of alkyl halides is 3. The number of likely N-dealkylation sites (N-methyl/N-ethyl adjacent to an activating group) is 1. The van der Waals surface area contributed by atoms with Crippen molar-refractivity contribution >= 4 is 28.7 Å². The lowest BCUT2D eigenvalue weighted by Crippen LogP contribution is -2.30. The molecule has 36 heavy (non-hydrogen) atoms. The molecule has 0 spiro atoms. The Balaban J connectivity index is 1.35. The maximum atomic E-state index is 13.0. The van der Waals surface area contributed by atoms with Crippen molar-refractivity contribution in [2.75, 3.05) is 18.9 Å². The topological polar surface area (TPSA) is 142 Å². The van der Waals surface area contributed by atoms with Gasteiger partial charge in [0, 0.05) is 18.2 Å². The molecule has 0 bridgehead atoms. The predicted octanol–water partition coefficient (Wildman–Crippen LogP) is 2.90. The van der Waals surface area contributed by atoms with Crippen molar-refractivity contribution in [2.45, 2.75) is 25.7 Å². The van der Waals surface area contributed by atoms with Crippen LogP contribution in [0.2, 0.25) is 0 Å². The number of fused-ring (bicyclic) bond motifs is 2. The molecule has 0 fully saturated rings. The van der Waals surface area contributed by atoms with Crippen LogP contribution in [-0.2, 0) is 17.5 Å². The number of nitrogens with one attached hydrogen (secondary N) is 3. The van der Waals surface area contributed by atoms with Gasteiger partial charge in [-0.15, -0.1) is 0 Å². The number of benzene rings is 1. The first-order valence-corrected chi connectivity index (χ1v) is 10.8. The zero-order chi connectivity index (χ0) is 25.6. The first-order chi connectivity index (χ1) is 17.1. The number of rotatable bonds is 4. The number of hydrogen-bond acceptors (Lipinski definition) is 8. The van der Waals surface area contributed by atoms with E-state index in [9.17, 15) is 22.8 Å². The number of hydrogen-bond donors (Lipinski definition) is 3. The highest BCUT2D eigenvalue weighted by atomic mass is 19.4. The largest absolute Gasteiger partial charge is 0.416 e. The summed E-state index contributed by atoms with van der Waals surface area (Å²) in [4.78, 5) is 41.9. The standard InChI is InChI=1S/C22H19F3N8O3/c1-10(28-21(35)18-12-7-33(2)8-17(34)31-19(12)27-9-26-18)14-6-16(36-32-14)20-29-13-4-3-11(22(23,24)25)5-15(13)30-20/h3-6,9-10H,7-8H2,1-2H3,(H,28,35)(H,29,30)(H,26,27,31,34)/t10-/m1/s1. The molecule has 11 nitrogen and oxygen atoms in total. The van der Waals surface area contributed by atoms with Gasteiger partial charge in [0.05, 0.1) is 29.2 Å². The van der Waals surface area contributed by atoms with E-state index < -0.39 is 23.7 Å². The third-order valence-electron chi connectivity index (χ3n) is 5.62. The average molecular weight is 500 g/mol. The van der Waals surface area contributed by atoms with Crippen LogP contribution in [0.25, 0.3) is 22.6 Å². The minimum absolute atomic E-state index is 0.113. The number of anilines is 1. The van der Waals surface area contributed by atoms with E-state index in [0.717, 1.165) is 12.1 Å². The summed E-state index contributed by atoms with van der Waals surface area (Å²) in [6.45, 7) is 2.12. The quantitative estimate of drug-likeness (QED) is 0.388. The number of nitrogens with zero attached hydrogens (tertiary/aromatic N) is 5. The van der Waals surface area contributed by atoms with Crippen LogP contribution in [0.3, 0.4) is 0 Å². The van der Waals surface area contributed by atoms with Gasteiger partial charge in [-0.05, 0) is 32.2 Å². The Kier molecular flexibility index (Phi) is 5.67. The molecule has 1 aromatic carbocycles.